The van der Waals surface area contributed by atoms with E-state index in [1.54, 1.807) is 0 Å². The standard InChI is InChI=1S/C12H26N2/c1-6-8-9-12(13-5)10-14(7-2)11(3)4/h6,8,11-13H,7,9-10H2,1-5H3. The second-order valence-corrected chi connectivity index (χ2v) is 3.97. The lowest BCUT2D eigenvalue weighted by Gasteiger charge is -2.29. The van der Waals surface area contributed by atoms with Crippen molar-refractivity contribution in [2.75, 3.05) is 20.1 Å². The van der Waals surface area contributed by atoms with Gasteiger partial charge in [0.25, 0.3) is 0 Å². The molecule has 0 spiro atoms. The van der Waals surface area contributed by atoms with Gasteiger partial charge < -0.3 is 5.32 Å². The van der Waals surface area contributed by atoms with Gasteiger partial charge in [-0.25, -0.2) is 0 Å². The van der Waals surface area contributed by atoms with Crippen LogP contribution in [0.1, 0.15) is 34.1 Å². The Balaban J connectivity index is 4.00. The summed E-state index contributed by atoms with van der Waals surface area (Å²) >= 11 is 0. The molecule has 1 N–H and O–H groups in total. The van der Waals surface area contributed by atoms with Crippen LogP contribution in [0.2, 0.25) is 0 Å². The Morgan fingerprint density at radius 2 is 2.00 bits per heavy atom. The molecule has 1 unspecified atom stereocenters. The Morgan fingerprint density at radius 1 is 1.36 bits per heavy atom. The number of allylic oxidation sites excluding steroid dienone is 1. The van der Waals surface area contributed by atoms with Gasteiger partial charge in [-0.3, -0.25) is 4.90 Å². The summed E-state index contributed by atoms with van der Waals surface area (Å²) in [5.74, 6) is 0. The van der Waals surface area contributed by atoms with Crippen LogP contribution in [-0.2, 0) is 0 Å². The lowest BCUT2D eigenvalue weighted by molar-refractivity contribution is 0.210. The van der Waals surface area contributed by atoms with Crippen LogP contribution in [0, 0.1) is 0 Å². The smallest absolute Gasteiger partial charge is 0.0226 e. The average Bonchev–Trinajstić information content (AvgIpc) is 2.18. The van der Waals surface area contributed by atoms with E-state index in [4.69, 9.17) is 0 Å². The summed E-state index contributed by atoms with van der Waals surface area (Å²) < 4.78 is 0. The fraction of sp³-hybridized carbons (Fsp3) is 0.833. The maximum absolute atomic E-state index is 3.36. The number of hydrogen-bond acceptors (Lipinski definition) is 2. The normalized spacial score (nSPS) is 14.5. The van der Waals surface area contributed by atoms with Gasteiger partial charge in [-0.2, -0.15) is 0 Å². The van der Waals surface area contributed by atoms with Crippen LogP contribution in [0.15, 0.2) is 12.2 Å². The molecule has 0 saturated carbocycles. The zero-order valence-corrected chi connectivity index (χ0v) is 10.4. The monoisotopic (exact) mass is 198 g/mol. The van der Waals surface area contributed by atoms with Crippen LogP contribution >= 0.6 is 0 Å². The van der Waals surface area contributed by atoms with Gasteiger partial charge in [0.15, 0.2) is 0 Å². The third-order valence-electron chi connectivity index (χ3n) is 2.66. The first-order valence-electron chi connectivity index (χ1n) is 5.68. The van der Waals surface area contributed by atoms with Crippen molar-refractivity contribution in [2.45, 2.75) is 46.2 Å². The van der Waals surface area contributed by atoms with Gasteiger partial charge in [-0.1, -0.05) is 19.1 Å². The number of likely N-dealkylation sites (N-methyl/N-ethyl adjacent to an activating group) is 2. The predicted molar refractivity (Wildman–Crippen MR) is 64.7 cm³/mol. The first kappa shape index (κ1) is 13.7. The van der Waals surface area contributed by atoms with E-state index in [2.05, 4.69) is 50.1 Å². The molecule has 0 rings (SSSR count). The minimum absolute atomic E-state index is 0.577. The third kappa shape index (κ3) is 5.40. The molecule has 0 radical (unpaired) electrons. The highest BCUT2D eigenvalue weighted by Gasteiger charge is 2.12. The average molecular weight is 198 g/mol. The lowest BCUT2D eigenvalue weighted by Crippen LogP contribution is -2.42. The molecule has 0 aromatic carbocycles. The van der Waals surface area contributed by atoms with E-state index in [1.807, 2.05) is 7.05 Å². The number of nitrogens with zero attached hydrogens (tertiary/aromatic N) is 1. The van der Waals surface area contributed by atoms with E-state index in [1.165, 1.54) is 0 Å². The highest BCUT2D eigenvalue weighted by molar-refractivity contribution is 4.85. The van der Waals surface area contributed by atoms with E-state index < -0.39 is 0 Å². The molecule has 84 valence electrons. The summed E-state index contributed by atoms with van der Waals surface area (Å²) in [7, 11) is 2.04. The molecule has 0 fully saturated rings. The maximum Gasteiger partial charge on any atom is 0.0226 e. The molecule has 0 aromatic rings. The predicted octanol–water partition coefficient (Wildman–Crippen LogP) is 2.27. The Hall–Kier alpha value is -0.340. The van der Waals surface area contributed by atoms with Crippen molar-refractivity contribution in [2.24, 2.45) is 0 Å². The van der Waals surface area contributed by atoms with Crippen molar-refractivity contribution in [3.05, 3.63) is 12.2 Å². The fourth-order valence-electron chi connectivity index (χ4n) is 1.57. The zero-order chi connectivity index (χ0) is 11.0. The van der Waals surface area contributed by atoms with Gasteiger partial charge >= 0.3 is 0 Å². The fourth-order valence-corrected chi connectivity index (χ4v) is 1.57. The van der Waals surface area contributed by atoms with Crippen LogP contribution in [0.3, 0.4) is 0 Å². The molecule has 0 amide bonds. The van der Waals surface area contributed by atoms with Crippen molar-refractivity contribution < 1.29 is 0 Å². The number of hydrogen-bond donors (Lipinski definition) is 1. The lowest BCUT2D eigenvalue weighted by atomic mass is 10.1. The molecule has 2 nitrogen and oxygen atoms in total. The summed E-state index contributed by atoms with van der Waals surface area (Å²) in [5.41, 5.74) is 0. The molecule has 0 saturated heterocycles. The molecule has 0 heterocycles. The zero-order valence-electron chi connectivity index (χ0n) is 10.4. The maximum atomic E-state index is 3.36. The first-order chi connectivity index (χ1) is 6.65. The highest BCUT2D eigenvalue weighted by Crippen LogP contribution is 2.02. The van der Waals surface area contributed by atoms with E-state index in [0.717, 1.165) is 19.5 Å². The van der Waals surface area contributed by atoms with Gasteiger partial charge in [0.1, 0.15) is 0 Å². The summed E-state index contributed by atoms with van der Waals surface area (Å²) in [4.78, 5) is 2.49. The molecule has 0 aromatic heterocycles. The Labute approximate surface area is 89.4 Å². The molecule has 14 heavy (non-hydrogen) atoms. The van der Waals surface area contributed by atoms with E-state index in [9.17, 15) is 0 Å². The molecule has 1 atom stereocenters. The quantitative estimate of drug-likeness (QED) is 0.631. The van der Waals surface area contributed by atoms with E-state index in [-0.39, 0.29) is 0 Å². The van der Waals surface area contributed by atoms with Crippen molar-refractivity contribution in [3.63, 3.8) is 0 Å². The van der Waals surface area contributed by atoms with Gasteiger partial charge in [-0.05, 0) is 40.8 Å². The molecule has 0 aliphatic heterocycles. The van der Waals surface area contributed by atoms with Crippen molar-refractivity contribution in [3.8, 4) is 0 Å². The molecular weight excluding hydrogens is 172 g/mol. The van der Waals surface area contributed by atoms with Crippen LogP contribution in [0.25, 0.3) is 0 Å². The SMILES string of the molecule is CC=CCC(CN(CC)C(C)C)NC. The minimum Gasteiger partial charge on any atom is -0.315 e. The topological polar surface area (TPSA) is 15.3 Å². The second-order valence-electron chi connectivity index (χ2n) is 3.97. The molecule has 0 aliphatic carbocycles. The van der Waals surface area contributed by atoms with Gasteiger partial charge in [0, 0.05) is 18.6 Å². The van der Waals surface area contributed by atoms with Gasteiger partial charge in [0.05, 0.1) is 0 Å². The van der Waals surface area contributed by atoms with Crippen LogP contribution in [0.4, 0.5) is 0 Å². The third-order valence-corrected chi connectivity index (χ3v) is 2.66. The Morgan fingerprint density at radius 3 is 2.36 bits per heavy atom. The largest absolute Gasteiger partial charge is 0.315 e. The second kappa shape index (κ2) is 8.01. The van der Waals surface area contributed by atoms with E-state index in [0.29, 0.717) is 12.1 Å². The van der Waals surface area contributed by atoms with Crippen LogP contribution < -0.4 is 5.32 Å². The molecular formula is C12H26N2. The molecule has 2 heteroatoms. The summed E-state index contributed by atoms with van der Waals surface area (Å²) in [6.45, 7) is 11.1. The first-order valence-corrected chi connectivity index (χ1v) is 5.68. The minimum atomic E-state index is 0.577. The number of nitrogens with one attached hydrogen (secondary N) is 1. The number of rotatable bonds is 7. The van der Waals surface area contributed by atoms with Crippen LogP contribution in [0.5, 0.6) is 0 Å². The van der Waals surface area contributed by atoms with Crippen LogP contribution in [-0.4, -0.2) is 37.1 Å². The Bertz CT molecular complexity index is 152. The summed E-state index contributed by atoms with van der Waals surface area (Å²) in [5, 5.41) is 3.36. The molecule has 0 bridgehead atoms. The van der Waals surface area contributed by atoms with Gasteiger partial charge in [-0.15, -0.1) is 0 Å². The highest BCUT2D eigenvalue weighted by atomic mass is 15.2. The van der Waals surface area contributed by atoms with Crippen molar-refractivity contribution in [1.29, 1.82) is 0 Å². The Kier molecular flexibility index (Phi) is 7.81. The van der Waals surface area contributed by atoms with Crippen molar-refractivity contribution >= 4 is 0 Å². The van der Waals surface area contributed by atoms with E-state index >= 15 is 0 Å². The van der Waals surface area contributed by atoms with Crippen molar-refractivity contribution in [1.82, 2.24) is 10.2 Å². The summed E-state index contributed by atoms with van der Waals surface area (Å²) in [6, 6.07) is 1.22. The molecule has 0 aliphatic rings. The summed E-state index contributed by atoms with van der Waals surface area (Å²) in [6.07, 6.45) is 5.47. The van der Waals surface area contributed by atoms with Gasteiger partial charge in [0.2, 0.25) is 0 Å².